The lowest BCUT2D eigenvalue weighted by molar-refractivity contribution is -0.154. The maximum absolute atomic E-state index is 12.1. The number of nitrogens with zero attached hydrogens (tertiary/aromatic N) is 1. The summed E-state index contributed by atoms with van der Waals surface area (Å²) in [6.45, 7) is 10.5. The fraction of sp³-hybridized carbons (Fsp3) is 0.517. The fourth-order valence-electron chi connectivity index (χ4n) is 4.37. The summed E-state index contributed by atoms with van der Waals surface area (Å²) < 4.78 is 5.25. The quantitative estimate of drug-likeness (QED) is 0.494. The van der Waals surface area contributed by atoms with Gasteiger partial charge in [0, 0.05) is 25.6 Å². The van der Waals surface area contributed by atoms with Crippen molar-refractivity contribution in [1.82, 2.24) is 10.2 Å². The van der Waals surface area contributed by atoms with Crippen molar-refractivity contribution in [1.29, 1.82) is 0 Å². The molecule has 1 amide bonds. The summed E-state index contributed by atoms with van der Waals surface area (Å²) in [4.78, 5) is 26.4. The first-order chi connectivity index (χ1) is 16.2. The van der Waals surface area contributed by atoms with Crippen LogP contribution in [-0.4, -0.2) is 48.1 Å². The third kappa shape index (κ3) is 8.60. The van der Waals surface area contributed by atoms with Crippen LogP contribution in [0.25, 0.3) is 11.1 Å². The van der Waals surface area contributed by atoms with E-state index in [1.807, 2.05) is 20.8 Å². The van der Waals surface area contributed by atoms with E-state index in [1.165, 1.54) is 36.1 Å². The van der Waals surface area contributed by atoms with Gasteiger partial charge in [-0.25, -0.2) is 0 Å². The van der Waals surface area contributed by atoms with Gasteiger partial charge >= 0.3 is 5.97 Å². The minimum absolute atomic E-state index is 0.0495. The maximum atomic E-state index is 12.1. The Morgan fingerprint density at radius 1 is 0.941 bits per heavy atom. The van der Waals surface area contributed by atoms with Gasteiger partial charge in [0.2, 0.25) is 5.91 Å². The van der Waals surface area contributed by atoms with Crippen LogP contribution < -0.4 is 5.32 Å². The minimum atomic E-state index is -0.499. The summed E-state index contributed by atoms with van der Waals surface area (Å²) in [6.07, 6.45) is 5.02. The third-order valence-corrected chi connectivity index (χ3v) is 6.33. The summed E-state index contributed by atoms with van der Waals surface area (Å²) >= 11 is 0. The van der Waals surface area contributed by atoms with Crippen molar-refractivity contribution in [2.24, 2.45) is 0 Å². The zero-order valence-electron chi connectivity index (χ0n) is 21.2. The molecule has 1 N–H and O–H groups in total. The lowest BCUT2D eigenvalue weighted by Crippen LogP contribution is -2.29. The van der Waals surface area contributed by atoms with Crippen LogP contribution in [0.4, 0.5) is 0 Å². The second-order valence-electron chi connectivity index (χ2n) is 10.4. The molecule has 1 aliphatic rings. The first kappa shape index (κ1) is 26.0. The average Bonchev–Trinajstić information content (AvgIpc) is 3.20. The molecule has 2 aromatic carbocycles. The number of carbonyl (C=O) groups is 2. The Balaban J connectivity index is 1.39. The zero-order chi connectivity index (χ0) is 24.6. The van der Waals surface area contributed by atoms with Crippen LogP contribution in [0.5, 0.6) is 0 Å². The Bertz CT molecular complexity index is 929. The second-order valence-corrected chi connectivity index (χ2v) is 10.4. The number of hydrogen-bond acceptors (Lipinski definition) is 4. The first-order valence-electron chi connectivity index (χ1n) is 12.6. The average molecular weight is 465 g/mol. The zero-order valence-corrected chi connectivity index (χ0v) is 21.2. The largest absolute Gasteiger partial charge is 0.460 e. The van der Waals surface area contributed by atoms with E-state index in [-0.39, 0.29) is 18.3 Å². The van der Waals surface area contributed by atoms with Crippen molar-refractivity contribution in [3.63, 3.8) is 0 Å². The monoisotopic (exact) mass is 464 g/mol. The van der Waals surface area contributed by atoms with Gasteiger partial charge in [-0.15, -0.1) is 0 Å². The van der Waals surface area contributed by atoms with Gasteiger partial charge in [0.1, 0.15) is 5.60 Å². The van der Waals surface area contributed by atoms with Gasteiger partial charge in [-0.1, -0.05) is 48.5 Å². The molecule has 1 fully saturated rings. The molecule has 184 valence electrons. The van der Waals surface area contributed by atoms with E-state index in [0.717, 1.165) is 24.6 Å². The van der Waals surface area contributed by atoms with Crippen molar-refractivity contribution < 1.29 is 14.3 Å². The summed E-state index contributed by atoms with van der Waals surface area (Å²) in [5, 5.41) is 2.80. The van der Waals surface area contributed by atoms with Gasteiger partial charge in [-0.3, -0.25) is 9.59 Å². The molecule has 5 heteroatoms. The summed E-state index contributed by atoms with van der Waals surface area (Å²) in [6, 6.07) is 18.0. The molecule has 0 bridgehead atoms. The molecule has 2 aromatic rings. The van der Waals surface area contributed by atoms with E-state index in [2.05, 4.69) is 65.7 Å². The van der Waals surface area contributed by atoms with Crippen LogP contribution >= 0.6 is 0 Å². The molecule has 0 saturated carbocycles. The van der Waals surface area contributed by atoms with Crippen LogP contribution in [0, 0.1) is 0 Å². The molecule has 5 nitrogen and oxygen atoms in total. The first-order valence-corrected chi connectivity index (χ1v) is 12.6. The molecule has 3 rings (SSSR count). The number of benzene rings is 2. The van der Waals surface area contributed by atoms with Gasteiger partial charge in [-0.2, -0.15) is 0 Å². The highest BCUT2D eigenvalue weighted by atomic mass is 16.6. The van der Waals surface area contributed by atoms with Crippen molar-refractivity contribution in [2.75, 3.05) is 19.6 Å². The number of aryl methyl sites for hydroxylation is 1. The molecule has 0 spiro atoms. The van der Waals surface area contributed by atoms with Crippen molar-refractivity contribution >= 4 is 11.9 Å². The fourth-order valence-corrected chi connectivity index (χ4v) is 4.37. The van der Waals surface area contributed by atoms with Crippen molar-refractivity contribution in [3.05, 3.63) is 59.7 Å². The summed E-state index contributed by atoms with van der Waals surface area (Å²) in [5.41, 5.74) is 4.41. The Morgan fingerprint density at radius 3 is 2.06 bits per heavy atom. The Hall–Kier alpha value is -2.66. The number of amides is 1. The molecule has 1 heterocycles. The Labute approximate surface area is 204 Å². The second kappa shape index (κ2) is 12.2. The minimum Gasteiger partial charge on any atom is -0.460 e. The van der Waals surface area contributed by atoms with E-state index < -0.39 is 5.60 Å². The molecule has 0 radical (unpaired) electrons. The highest BCUT2D eigenvalue weighted by Gasteiger charge is 2.19. The van der Waals surface area contributed by atoms with E-state index in [0.29, 0.717) is 19.4 Å². The van der Waals surface area contributed by atoms with E-state index >= 15 is 0 Å². The molecule has 1 aliphatic heterocycles. The maximum Gasteiger partial charge on any atom is 0.308 e. The number of nitrogens with one attached hydrogen (secondary N) is 1. The van der Waals surface area contributed by atoms with Gasteiger partial charge < -0.3 is 15.0 Å². The number of likely N-dealkylation sites (tertiary alicyclic amines) is 1. The SMILES string of the molecule is C[C@@H]1CCCN1CCc1ccc(-c2ccc(CCC(=O)NCCC(=O)OC(C)(C)C)cc2)cc1. The summed E-state index contributed by atoms with van der Waals surface area (Å²) in [5.74, 6) is -0.343. The predicted octanol–water partition coefficient (Wildman–Crippen LogP) is 5.16. The molecule has 0 aromatic heterocycles. The molecule has 0 unspecified atom stereocenters. The molecular weight excluding hydrogens is 424 g/mol. The Kier molecular flexibility index (Phi) is 9.28. The lowest BCUT2D eigenvalue weighted by Gasteiger charge is -2.20. The van der Waals surface area contributed by atoms with Crippen molar-refractivity contribution in [2.45, 2.75) is 77.9 Å². The van der Waals surface area contributed by atoms with Crippen LogP contribution in [0.1, 0.15) is 64.5 Å². The summed E-state index contributed by atoms with van der Waals surface area (Å²) in [7, 11) is 0. The number of hydrogen-bond donors (Lipinski definition) is 1. The number of carbonyl (C=O) groups excluding carboxylic acids is 2. The molecule has 34 heavy (non-hydrogen) atoms. The molecular formula is C29H40N2O3. The van der Waals surface area contributed by atoms with E-state index in [9.17, 15) is 9.59 Å². The highest BCUT2D eigenvalue weighted by Crippen LogP contribution is 2.22. The molecule has 1 saturated heterocycles. The van der Waals surface area contributed by atoms with Crippen LogP contribution in [-0.2, 0) is 27.2 Å². The molecule has 0 aliphatic carbocycles. The number of rotatable bonds is 10. The lowest BCUT2D eigenvalue weighted by atomic mass is 10.0. The van der Waals surface area contributed by atoms with E-state index in [4.69, 9.17) is 4.74 Å². The van der Waals surface area contributed by atoms with Gasteiger partial charge in [0.05, 0.1) is 6.42 Å². The Morgan fingerprint density at radius 2 is 1.53 bits per heavy atom. The van der Waals surface area contributed by atoms with Gasteiger partial charge in [-0.05, 0) is 82.2 Å². The van der Waals surface area contributed by atoms with E-state index in [1.54, 1.807) is 0 Å². The standard InChI is InChI=1S/C29H40N2O3/c1-22-6-5-20-31(22)21-18-24-9-14-26(15-10-24)25-12-7-23(8-13-25)11-16-27(32)30-19-17-28(33)34-29(2,3)4/h7-10,12-15,22H,5-6,11,16-21H2,1-4H3,(H,30,32)/t22-/m1/s1. The molecule has 1 atom stereocenters. The smallest absolute Gasteiger partial charge is 0.308 e. The number of esters is 1. The van der Waals surface area contributed by atoms with Crippen molar-refractivity contribution in [3.8, 4) is 11.1 Å². The van der Waals surface area contributed by atoms with Crippen LogP contribution in [0.3, 0.4) is 0 Å². The van der Waals surface area contributed by atoms with Gasteiger partial charge in [0.25, 0.3) is 0 Å². The van der Waals surface area contributed by atoms with Crippen LogP contribution in [0.15, 0.2) is 48.5 Å². The predicted molar refractivity (Wildman–Crippen MR) is 138 cm³/mol. The van der Waals surface area contributed by atoms with Crippen LogP contribution in [0.2, 0.25) is 0 Å². The topological polar surface area (TPSA) is 58.6 Å². The normalized spacial score (nSPS) is 16.4. The number of ether oxygens (including phenoxy) is 1. The van der Waals surface area contributed by atoms with Gasteiger partial charge in [0.15, 0.2) is 0 Å². The third-order valence-electron chi connectivity index (χ3n) is 6.33. The highest BCUT2D eigenvalue weighted by molar-refractivity contribution is 5.77.